The summed E-state index contributed by atoms with van der Waals surface area (Å²) >= 11 is 9.39. The first kappa shape index (κ1) is 13.3. The highest BCUT2D eigenvalue weighted by molar-refractivity contribution is 9.10. The summed E-state index contributed by atoms with van der Waals surface area (Å²) in [7, 11) is 0. The highest BCUT2D eigenvalue weighted by Crippen LogP contribution is 2.24. The number of rotatable bonds is 3. The maximum atomic E-state index is 5.97. The van der Waals surface area contributed by atoms with Crippen molar-refractivity contribution in [3.63, 3.8) is 0 Å². The van der Waals surface area contributed by atoms with E-state index >= 15 is 0 Å². The Morgan fingerprint density at radius 2 is 1.89 bits per heavy atom. The summed E-state index contributed by atoms with van der Waals surface area (Å²) in [5.41, 5.74) is 2.05. The van der Waals surface area contributed by atoms with E-state index in [4.69, 9.17) is 11.6 Å². The van der Waals surface area contributed by atoms with Gasteiger partial charge in [0, 0.05) is 16.1 Å². The van der Waals surface area contributed by atoms with Crippen molar-refractivity contribution in [1.82, 2.24) is 9.97 Å². The molecule has 0 fully saturated rings. The number of anilines is 1. The van der Waals surface area contributed by atoms with Crippen LogP contribution in [0.15, 0.2) is 35.1 Å². The number of halogens is 2. The van der Waals surface area contributed by atoms with E-state index in [0.29, 0.717) is 5.15 Å². The third-order valence-electron chi connectivity index (χ3n) is 2.75. The average Bonchev–Trinajstić information content (AvgIpc) is 2.36. The van der Waals surface area contributed by atoms with Crippen molar-refractivity contribution in [2.75, 3.05) is 5.32 Å². The van der Waals surface area contributed by atoms with Crippen molar-refractivity contribution >= 4 is 33.3 Å². The minimum atomic E-state index is 0.155. The molecule has 2 aromatic rings. The number of nitrogens with one attached hydrogen (secondary N) is 1. The highest BCUT2D eigenvalue weighted by atomic mass is 79.9. The molecule has 1 N–H and O–H groups in total. The number of hydrogen-bond acceptors (Lipinski definition) is 3. The molecule has 0 spiro atoms. The summed E-state index contributed by atoms with van der Waals surface area (Å²) < 4.78 is 1.07. The monoisotopic (exact) mass is 325 g/mol. The van der Waals surface area contributed by atoms with Crippen LogP contribution in [0, 0.1) is 6.92 Å². The zero-order valence-electron chi connectivity index (χ0n) is 10.1. The molecule has 0 saturated heterocycles. The fourth-order valence-electron chi connectivity index (χ4n) is 1.61. The fourth-order valence-corrected chi connectivity index (χ4v) is 2.01. The minimum absolute atomic E-state index is 0.155. The lowest BCUT2D eigenvalue weighted by Gasteiger charge is -2.16. The molecule has 0 aliphatic carbocycles. The van der Waals surface area contributed by atoms with Crippen LogP contribution in [-0.2, 0) is 0 Å². The topological polar surface area (TPSA) is 37.8 Å². The van der Waals surface area contributed by atoms with Gasteiger partial charge in [0.15, 0.2) is 0 Å². The van der Waals surface area contributed by atoms with Crippen LogP contribution in [0.3, 0.4) is 0 Å². The van der Waals surface area contributed by atoms with Gasteiger partial charge >= 0.3 is 0 Å². The molecule has 0 aliphatic heterocycles. The first-order valence-corrected chi connectivity index (χ1v) is 6.74. The van der Waals surface area contributed by atoms with Gasteiger partial charge in [0.25, 0.3) is 0 Å². The zero-order valence-corrected chi connectivity index (χ0v) is 12.5. The van der Waals surface area contributed by atoms with Gasteiger partial charge in [-0.3, -0.25) is 0 Å². The molecule has 1 heterocycles. The molecular weight excluding hydrogens is 314 g/mol. The quantitative estimate of drug-likeness (QED) is 0.851. The molecule has 94 valence electrons. The Hall–Kier alpha value is -1.13. The van der Waals surface area contributed by atoms with E-state index < -0.39 is 0 Å². The maximum Gasteiger partial charge on any atom is 0.137 e. The van der Waals surface area contributed by atoms with E-state index in [0.717, 1.165) is 15.9 Å². The van der Waals surface area contributed by atoms with Crippen molar-refractivity contribution in [3.8, 4) is 0 Å². The van der Waals surface area contributed by atoms with Gasteiger partial charge in [-0.15, -0.1) is 0 Å². The summed E-state index contributed by atoms with van der Waals surface area (Å²) in [4.78, 5) is 8.15. The van der Waals surface area contributed by atoms with Gasteiger partial charge < -0.3 is 5.32 Å². The molecule has 0 bridgehead atoms. The molecule has 3 nitrogen and oxygen atoms in total. The summed E-state index contributed by atoms with van der Waals surface area (Å²) in [6, 6.07) is 8.34. The molecule has 0 radical (unpaired) electrons. The van der Waals surface area contributed by atoms with Gasteiger partial charge in [-0.2, -0.15) is 0 Å². The van der Waals surface area contributed by atoms with Crippen molar-refractivity contribution in [3.05, 3.63) is 51.3 Å². The Morgan fingerprint density at radius 3 is 2.56 bits per heavy atom. The molecule has 2 rings (SSSR count). The molecule has 1 atom stereocenters. The molecular formula is C13H13BrClN3. The molecule has 1 aromatic carbocycles. The van der Waals surface area contributed by atoms with E-state index in [2.05, 4.69) is 50.3 Å². The smallest absolute Gasteiger partial charge is 0.137 e. The largest absolute Gasteiger partial charge is 0.363 e. The molecule has 18 heavy (non-hydrogen) atoms. The van der Waals surface area contributed by atoms with Crippen LogP contribution in [0.2, 0.25) is 5.15 Å². The predicted octanol–water partition coefficient (Wildman–Crippen LogP) is 4.37. The van der Waals surface area contributed by atoms with Crippen molar-refractivity contribution in [2.45, 2.75) is 19.9 Å². The molecule has 0 aliphatic rings. The van der Waals surface area contributed by atoms with Gasteiger partial charge in [0.2, 0.25) is 0 Å². The second kappa shape index (κ2) is 5.67. The second-order valence-corrected chi connectivity index (χ2v) is 5.33. The van der Waals surface area contributed by atoms with Crippen LogP contribution >= 0.6 is 27.5 Å². The molecule has 0 saturated carbocycles. The lowest BCUT2D eigenvalue weighted by molar-refractivity contribution is 0.867. The predicted molar refractivity (Wildman–Crippen MR) is 78.0 cm³/mol. The Balaban J connectivity index is 2.18. The third-order valence-corrected chi connectivity index (χ3v) is 3.66. The van der Waals surface area contributed by atoms with Crippen LogP contribution in [-0.4, -0.2) is 9.97 Å². The van der Waals surface area contributed by atoms with E-state index in [-0.39, 0.29) is 6.04 Å². The molecule has 5 heteroatoms. The summed E-state index contributed by atoms with van der Waals surface area (Å²) in [6.07, 6.45) is 1.46. The average molecular weight is 327 g/mol. The zero-order chi connectivity index (χ0) is 13.1. The number of benzene rings is 1. The molecule has 1 unspecified atom stereocenters. The van der Waals surface area contributed by atoms with Gasteiger partial charge in [-0.1, -0.05) is 39.7 Å². The van der Waals surface area contributed by atoms with E-state index in [9.17, 15) is 0 Å². The van der Waals surface area contributed by atoms with Crippen molar-refractivity contribution in [2.24, 2.45) is 0 Å². The fraction of sp³-hybridized carbons (Fsp3) is 0.231. The van der Waals surface area contributed by atoms with Gasteiger partial charge in [-0.25, -0.2) is 9.97 Å². The summed E-state index contributed by atoms with van der Waals surface area (Å²) in [6.45, 7) is 3.98. The van der Waals surface area contributed by atoms with E-state index in [1.165, 1.54) is 11.9 Å². The number of nitrogens with zero attached hydrogens (tertiary/aromatic N) is 2. The molecule has 0 amide bonds. The van der Waals surface area contributed by atoms with Crippen LogP contribution in [0.4, 0.5) is 5.82 Å². The van der Waals surface area contributed by atoms with Crippen LogP contribution in [0.5, 0.6) is 0 Å². The minimum Gasteiger partial charge on any atom is -0.363 e. The Morgan fingerprint density at radius 1 is 1.22 bits per heavy atom. The van der Waals surface area contributed by atoms with Crippen LogP contribution in [0.25, 0.3) is 0 Å². The van der Waals surface area contributed by atoms with Crippen molar-refractivity contribution in [1.29, 1.82) is 0 Å². The lowest BCUT2D eigenvalue weighted by Crippen LogP contribution is -2.09. The van der Waals surface area contributed by atoms with Gasteiger partial charge in [0.1, 0.15) is 17.3 Å². The highest BCUT2D eigenvalue weighted by Gasteiger charge is 2.09. The van der Waals surface area contributed by atoms with Crippen LogP contribution < -0.4 is 5.32 Å². The van der Waals surface area contributed by atoms with Crippen molar-refractivity contribution < 1.29 is 0 Å². The Kier molecular flexibility index (Phi) is 4.19. The van der Waals surface area contributed by atoms with Gasteiger partial charge in [0.05, 0.1) is 0 Å². The lowest BCUT2D eigenvalue weighted by atomic mass is 10.1. The number of aromatic nitrogens is 2. The maximum absolute atomic E-state index is 5.97. The van der Waals surface area contributed by atoms with Gasteiger partial charge in [-0.05, 0) is 31.5 Å². The standard InChI is InChI=1S/C13H13BrClN3/c1-8-12(15)16-7-17-13(8)18-9(2)10-3-5-11(14)6-4-10/h3-7,9H,1-2H3,(H,16,17,18). The first-order valence-electron chi connectivity index (χ1n) is 5.57. The SMILES string of the molecule is Cc1c(Cl)ncnc1NC(C)c1ccc(Br)cc1. The van der Waals surface area contributed by atoms with Crippen LogP contribution in [0.1, 0.15) is 24.1 Å². The summed E-state index contributed by atoms with van der Waals surface area (Å²) in [5.74, 6) is 0.769. The summed E-state index contributed by atoms with van der Waals surface area (Å²) in [5, 5.41) is 3.82. The second-order valence-electron chi connectivity index (χ2n) is 4.06. The molecule has 1 aromatic heterocycles. The third kappa shape index (κ3) is 3.00. The normalized spacial score (nSPS) is 12.2. The Labute approximate surface area is 120 Å². The Bertz CT molecular complexity index is 542. The number of hydrogen-bond donors (Lipinski definition) is 1. The van der Waals surface area contributed by atoms with E-state index in [1.807, 2.05) is 19.1 Å². The first-order chi connectivity index (χ1) is 8.58. The van der Waals surface area contributed by atoms with E-state index in [1.54, 1.807) is 0 Å².